The molecule has 0 aliphatic rings. The van der Waals surface area contributed by atoms with Crippen molar-refractivity contribution in [3.8, 4) is 17.2 Å². The standard InChI is InChI=1S/C19H20N2O6/c1-12(22)13-4-9-16(17(10-13)26-3)27-11-18(23)21-19(24)20-14-5-7-15(25-2)8-6-14/h4-10H,11H2,1-3H3,(H2,20,21,23,24). The molecule has 0 spiro atoms. The summed E-state index contributed by atoms with van der Waals surface area (Å²) in [6.07, 6.45) is 0. The van der Waals surface area contributed by atoms with Gasteiger partial charge in [0.05, 0.1) is 14.2 Å². The molecule has 0 aromatic heterocycles. The highest BCUT2D eigenvalue weighted by Gasteiger charge is 2.12. The predicted octanol–water partition coefficient (Wildman–Crippen LogP) is 2.63. The van der Waals surface area contributed by atoms with Gasteiger partial charge in [-0.2, -0.15) is 0 Å². The summed E-state index contributed by atoms with van der Waals surface area (Å²) in [7, 11) is 2.96. The number of imide groups is 1. The topological polar surface area (TPSA) is 103 Å². The van der Waals surface area contributed by atoms with E-state index in [1.54, 1.807) is 30.3 Å². The van der Waals surface area contributed by atoms with E-state index in [2.05, 4.69) is 10.6 Å². The van der Waals surface area contributed by atoms with Gasteiger partial charge in [-0.15, -0.1) is 0 Å². The smallest absolute Gasteiger partial charge is 0.325 e. The number of anilines is 1. The van der Waals surface area contributed by atoms with Gasteiger partial charge in [-0.25, -0.2) is 4.79 Å². The number of amides is 3. The third kappa shape index (κ3) is 5.74. The zero-order valence-corrected chi connectivity index (χ0v) is 15.2. The van der Waals surface area contributed by atoms with Gasteiger partial charge in [-0.3, -0.25) is 14.9 Å². The molecule has 0 heterocycles. The molecule has 3 amide bonds. The molecule has 0 aliphatic carbocycles. The molecular formula is C19H20N2O6. The molecule has 0 unspecified atom stereocenters. The number of carbonyl (C=O) groups is 3. The highest BCUT2D eigenvalue weighted by molar-refractivity contribution is 6.01. The highest BCUT2D eigenvalue weighted by atomic mass is 16.5. The molecule has 0 atom stereocenters. The number of benzene rings is 2. The first-order valence-corrected chi connectivity index (χ1v) is 7.99. The molecule has 2 aromatic rings. The lowest BCUT2D eigenvalue weighted by atomic mass is 10.1. The maximum Gasteiger partial charge on any atom is 0.325 e. The lowest BCUT2D eigenvalue weighted by molar-refractivity contribution is -0.121. The van der Waals surface area contributed by atoms with E-state index in [4.69, 9.17) is 14.2 Å². The van der Waals surface area contributed by atoms with Gasteiger partial charge in [-0.1, -0.05) is 0 Å². The first-order valence-electron chi connectivity index (χ1n) is 7.99. The minimum absolute atomic E-state index is 0.118. The van der Waals surface area contributed by atoms with Crippen LogP contribution in [0.4, 0.5) is 10.5 Å². The number of urea groups is 1. The number of nitrogens with one attached hydrogen (secondary N) is 2. The number of hydrogen-bond acceptors (Lipinski definition) is 6. The Morgan fingerprint density at radius 1 is 0.926 bits per heavy atom. The third-order valence-corrected chi connectivity index (χ3v) is 3.53. The first kappa shape index (κ1) is 19.8. The van der Waals surface area contributed by atoms with Crippen LogP contribution in [0, 0.1) is 0 Å². The van der Waals surface area contributed by atoms with E-state index in [1.807, 2.05) is 0 Å². The fraction of sp³-hybridized carbons (Fsp3) is 0.211. The molecule has 8 heteroatoms. The molecule has 0 fully saturated rings. The van der Waals surface area contributed by atoms with Crippen LogP contribution < -0.4 is 24.8 Å². The Morgan fingerprint density at radius 2 is 1.63 bits per heavy atom. The van der Waals surface area contributed by atoms with Crippen molar-refractivity contribution in [1.29, 1.82) is 0 Å². The van der Waals surface area contributed by atoms with Crippen LogP contribution in [0.3, 0.4) is 0 Å². The van der Waals surface area contributed by atoms with Gasteiger partial charge in [0.1, 0.15) is 5.75 Å². The van der Waals surface area contributed by atoms with E-state index >= 15 is 0 Å². The number of hydrogen-bond donors (Lipinski definition) is 2. The fourth-order valence-corrected chi connectivity index (χ4v) is 2.15. The Balaban J connectivity index is 1.88. The fourth-order valence-electron chi connectivity index (χ4n) is 2.15. The quantitative estimate of drug-likeness (QED) is 0.724. The monoisotopic (exact) mass is 372 g/mol. The summed E-state index contributed by atoms with van der Waals surface area (Å²) in [5.74, 6) is 0.494. The Labute approximate surface area is 156 Å². The van der Waals surface area contributed by atoms with Gasteiger partial charge in [0.2, 0.25) is 0 Å². The van der Waals surface area contributed by atoms with Crippen molar-refractivity contribution in [2.45, 2.75) is 6.92 Å². The van der Waals surface area contributed by atoms with Crippen molar-refractivity contribution in [2.75, 3.05) is 26.1 Å². The molecule has 0 saturated heterocycles. The molecule has 0 aliphatic heterocycles. The van der Waals surface area contributed by atoms with E-state index < -0.39 is 18.5 Å². The minimum atomic E-state index is -0.687. The zero-order valence-electron chi connectivity index (χ0n) is 15.2. The van der Waals surface area contributed by atoms with Crippen LogP contribution in [0.25, 0.3) is 0 Å². The van der Waals surface area contributed by atoms with Gasteiger partial charge in [0.25, 0.3) is 5.91 Å². The number of methoxy groups -OCH3 is 2. The molecule has 0 bridgehead atoms. The van der Waals surface area contributed by atoms with Crippen molar-refractivity contribution >= 4 is 23.4 Å². The van der Waals surface area contributed by atoms with Crippen molar-refractivity contribution < 1.29 is 28.6 Å². The van der Waals surface area contributed by atoms with Gasteiger partial charge < -0.3 is 19.5 Å². The van der Waals surface area contributed by atoms with Crippen LogP contribution in [0.2, 0.25) is 0 Å². The molecule has 2 N–H and O–H groups in total. The normalized spacial score (nSPS) is 9.89. The van der Waals surface area contributed by atoms with Crippen molar-refractivity contribution in [1.82, 2.24) is 5.32 Å². The van der Waals surface area contributed by atoms with Crippen molar-refractivity contribution in [2.24, 2.45) is 0 Å². The van der Waals surface area contributed by atoms with Crippen LogP contribution in [-0.4, -0.2) is 38.5 Å². The van der Waals surface area contributed by atoms with Gasteiger partial charge in [0.15, 0.2) is 23.9 Å². The largest absolute Gasteiger partial charge is 0.497 e. The SMILES string of the molecule is COc1ccc(NC(=O)NC(=O)COc2ccc(C(C)=O)cc2OC)cc1. The summed E-state index contributed by atoms with van der Waals surface area (Å²) in [5.41, 5.74) is 0.964. The molecule has 27 heavy (non-hydrogen) atoms. The molecule has 142 valence electrons. The van der Waals surface area contributed by atoms with Crippen LogP contribution >= 0.6 is 0 Å². The minimum Gasteiger partial charge on any atom is -0.497 e. The average molecular weight is 372 g/mol. The Bertz CT molecular complexity index is 833. The number of rotatable bonds is 7. The molecular weight excluding hydrogens is 352 g/mol. The Morgan fingerprint density at radius 3 is 2.22 bits per heavy atom. The summed E-state index contributed by atoms with van der Waals surface area (Å²) in [6, 6.07) is 10.6. The lowest BCUT2D eigenvalue weighted by Crippen LogP contribution is -2.37. The van der Waals surface area contributed by atoms with Gasteiger partial charge >= 0.3 is 6.03 Å². The van der Waals surface area contributed by atoms with E-state index in [1.165, 1.54) is 33.3 Å². The summed E-state index contributed by atoms with van der Waals surface area (Å²) in [5, 5.41) is 4.67. The second-order valence-corrected chi connectivity index (χ2v) is 5.44. The average Bonchev–Trinajstić information content (AvgIpc) is 2.66. The summed E-state index contributed by atoms with van der Waals surface area (Å²) in [4.78, 5) is 35.1. The van der Waals surface area contributed by atoms with Crippen molar-refractivity contribution in [3.05, 3.63) is 48.0 Å². The second kappa shape index (κ2) is 9.23. The van der Waals surface area contributed by atoms with Crippen LogP contribution in [-0.2, 0) is 4.79 Å². The van der Waals surface area contributed by atoms with Crippen LogP contribution in [0.1, 0.15) is 17.3 Å². The predicted molar refractivity (Wildman–Crippen MR) is 98.6 cm³/mol. The van der Waals surface area contributed by atoms with E-state index in [0.29, 0.717) is 22.7 Å². The maximum atomic E-state index is 11.9. The van der Waals surface area contributed by atoms with Gasteiger partial charge in [0, 0.05) is 11.3 Å². The third-order valence-electron chi connectivity index (χ3n) is 3.53. The summed E-state index contributed by atoms with van der Waals surface area (Å²) < 4.78 is 15.5. The van der Waals surface area contributed by atoms with Crippen LogP contribution in [0.15, 0.2) is 42.5 Å². The lowest BCUT2D eigenvalue weighted by Gasteiger charge is -2.12. The number of Topliss-reactive ketones (excluding diaryl/α,β-unsaturated/α-hetero) is 1. The Kier molecular flexibility index (Phi) is 6.76. The van der Waals surface area contributed by atoms with E-state index in [9.17, 15) is 14.4 Å². The molecule has 2 aromatic carbocycles. The molecule has 0 saturated carbocycles. The maximum absolute atomic E-state index is 11.9. The van der Waals surface area contributed by atoms with Crippen LogP contribution in [0.5, 0.6) is 17.2 Å². The summed E-state index contributed by atoms with van der Waals surface area (Å²) >= 11 is 0. The first-order chi connectivity index (χ1) is 12.9. The molecule has 2 rings (SSSR count). The number of carbonyl (C=O) groups excluding carboxylic acids is 3. The zero-order chi connectivity index (χ0) is 19.8. The summed E-state index contributed by atoms with van der Waals surface area (Å²) in [6.45, 7) is 1.04. The van der Waals surface area contributed by atoms with Gasteiger partial charge in [-0.05, 0) is 49.4 Å². The molecule has 0 radical (unpaired) electrons. The van der Waals surface area contributed by atoms with Crippen molar-refractivity contribution in [3.63, 3.8) is 0 Å². The number of ether oxygens (including phenoxy) is 3. The number of ketones is 1. The second-order valence-electron chi connectivity index (χ2n) is 5.44. The molecule has 8 nitrogen and oxygen atoms in total. The van der Waals surface area contributed by atoms with E-state index in [0.717, 1.165) is 0 Å². The highest BCUT2D eigenvalue weighted by Crippen LogP contribution is 2.28. The van der Waals surface area contributed by atoms with E-state index in [-0.39, 0.29) is 11.5 Å². The Hall–Kier alpha value is -3.55.